The summed E-state index contributed by atoms with van der Waals surface area (Å²) in [4.78, 5) is 16.4. The van der Waals surface area contributed by atoms with Crippen LogP contribution in [0.2, 0.25) is 0 Å². The van der Waals surface area contributed by atoms with Gasteiger partial charge in [0.2, 0.25) is 21.9 Å². The van der Waals surface area contributed by atoms with E-state index in [1.807, 2.05) is 24.3 Å². The summed E-state index contributed by atoms with van der Waals surface area (Å²) in [5.74, 6) is 1.39. The van der Waals surface area contributed by atoms with Gasteiger partial charge in [0, 0.05) is 18.8 Å². The Morgan fingerprint density at radius 2 is 1.85 bits per heavy atom. The first-order valence-electron chi connectivity index (χ1n) is 12.2. The molecule has 9 nitrogen and oxygen atoms in total. The number of sulfonamides is 1. The van der Waals surface area contributed by atoms with Crippen molar-refractivity contribution in [3.8, 4) is 5.88 Å². The lowest BCUT2D eigenvalue weighted by molar-refractivity contribution is 0.205. The lowest BCUT2D eigenvalue weighted by Crippen LogP contribution is -2.36. The minimum atomic E-state index is -3.33. The van der Waals surface area contributed by atoms with Crippen molar-refractivity contribution in [2.45, 2.75) is 57.1 Å². The molecule has 0 amide bonds. The summed E-state index contributed by atoms with van der Waals surface area (Å²) < 4.78 is 33.4. The fraction of sp³-hybridized carbons (Fsp3) is 0.542. The van der Waals surface area contributed by atoms with Crippen molar-refractivity contribution in [1.82, 2.24) is 24.2 Å². The van der Waals surface area contributed by atoms with Crippen LogP contribution in [0.15, 0.2) is 30.6 Å². The van der Waals surface area contributed by atoms with Gasteiger partial charge in [-0.2, -0.15) is 9.97 Å². The number of rotatable bonds is 8. The molecule has 10 heteroatoms. The molecule has 2 N–H and O–H groups in total. The second kappa shape index (κ2) is 10.3. The number of imidazole rings is 1. The number of benzene rings is 1. The van der Waals surface area contributed by atoms with Crippen LogP contribution in [-0.2, 0) is 15.8 Å². The Kier molecular flexibility index (Phi) is 6.96. The fourth-order valence-electron chi connectivity index (χ4n) is 4.83. The largest absolute Gasteiger partial charge is 0.476 e. The Labute approximate surface area is 200 Å². The molecule has 3 heterocycles. The summed E-state index contributed by atoms with van der Waals surface area (Å²) in [6, 6.07) is 7.39. The SMILES string of the molecule is O=S(=O)(Cc1cccc(Nc2nc(OCC3CCCCC3)c3[nH]cnc3n2)c1)N1CCCCC1. The molecule has 34 heavy (non-hydrogen) atoms. The van der Waals surface area contributed by atoms with Gasteiger partial charge in [0.15, 0.2) is 5.65 Å². The maximum atomic E-state index is 12.8. The van der Waals surface area contributed by atoms with E-state index in [2.05, 4.69) is 25.3 Å². The van der Waals surface area contributed by atoms with Crippen LogP contribution < -0.4 is 10.1 Å². The highest BCUT2D eigenvalue weighted by atomic mass is 32.2. The van der Waals surface area contributed by atoms with Crippen LogP contribution in [0.5, 0.6) is 5.88 Å². The van der Waals surface area contributed by atoms with Crippen LogP contribution in [0.4, 0.5) is 11.6 Å². The van der Waals surface area contributed by atoms with Gasteiger partial charge in [0.25, 0.3) is 0 Å². The van der Waals surface area contributed by atoms with Gasteiger partial charge < -0.3 is 15.0 Å². The Balaban J connectivity index is 1.31. The molecule has 3 aromatic rings. The molecule has 1 saturated carbocycles. The number of ether oxygens (including phenoxy) is 1. The van der Waals surface area contributed by atoms with Gasteiger partial charge in [0.05, 0.1) is 18.7 Å². The van der Waals surface area contributed by atoms with Crippen LogP contribution in [-0.4, -0.2) is 52.4 Å². The second-order valence-electron chi connectivity index (χ2n) is 9.31. The van der Waals surface area contributed by atoms with Crippen LogP contribution >= 0.6 is 0 Å². The number of fused-ring (bicyclic) bond motifs is 1. The van der Waals surface area contributed by atoms with Crippen molar-refractivity contribution < 1.29 is 13.2 Å². The zero-order valence-electron chi connectivity index (χ0n) is 19.4. The Morgan fingerprint density at radius 3 is 2.68 bits per heavy atom. The summed E-state index contributed by atoms with van der Waals surface area (Å²) in [6.07, 6.45) is 10.7. The molecular formula is C24H32N6O3S. The van der Waals surface area contributed by atoms with Crippen molar-refractivity contribution >= 4 is 32.8 Å². The van der Waals surface area contributed by atoms with Gasteiger partial charge in [-0.15, -0.1) is 0 Å². The topological polar surface area (TPSA) is 113 Å². The number of aromatic nitrogens is 4. The first kappa shape index (κ1) is 23.0. The van der Waals surface area contributed by atoms with E-state index in [1.54, 1.807) is 10.6 Å². The van der Waals surface area contributed by atoms with E-state index in [4.69, 9.17) is 4.74 Å². The molecule has 2 aromatic heterocycles. The van der Waals surface area contributed by atoms with E-state index in [0.29, 0.717) is 48.6 Å². The first-order chi connectivity index (χ1) is 16.6. The van der Waals surface area contributed by atoms with Crippen LogP contribution in [0.25, 0.3) is 11.2 Å². The standard InChI is InChI=1S/C24H32N6O3S/c31-34(32,30-12-5-2-6-13-30)16-19-10-7-11-20(14-19)27-24-28-22-21(25-17-26-22)23(29-24)33-15-18-8-3-1-4-9-18/h7,10-11,14,17-18H,1-6,8-9,12-13,15-16H2,(H2,25,26,27,28,29). The van der Waals surface area contributed by atoms with E-state index in [-0.39, 0.29) is 5.75 Å². The van der Waals surface area contributed by atoms with E-state index >= 15 is 0 Å². The molecule has 182 valence electrons. The Bertz CT molecular complexity index is 1220. The van der Waals surface area contributed by atoms with Crippen molar-refractivity contribution in [3.05, 3.63) is 36.2 Å². The number of nitrogens with one attached hydrogen (secondary N) is 2. The first-order valence-corrected chi connectivity index (χ1v) is 13.9. The van der Waals surface area contributed by atoms with E-state index in [9.17, 15) is 8.42 Å². The number of hydrogen-bond acceptors (Lipinski definition) is 7. The van der Waals surface area contributed by atoms with Gasteiger partial charge in [-0.25, -0.2) is 17.7 Å². The Morgan fingerprint density at radius 1 is 1.06 bits per heavy atom. The number of anilines is 2. The number of piperidine rings is 1. The lowest BCUT2D eigenvalue weighted by atomic mass is 9.90. The monoisotopic (exact) mass is 484 g/mol. The number of nitrogens with zero attached hydrogens (tertiary/aromatic N) is 4. The summed E-state index contributed by atoms with van der Waals surface area (Å²) in [5, 5.41) is 3.21. The number of aromatic amines is 1. The molecule has 1 saturated heterocycles. The summed E-state index contributed by atoms with van der Waals surface area (Å²) >= 11 is 0. The quantitative estimate of drug-likeness (QED) is 0.488. The average molecular weight is 485 g/mol. The molecule has 0 unspecified atom stereocenters. The normalized spacial score (nSPS) is 18.2. The van der Waals surface area contributed by atoms with Crippen LogP contribution in [0.3, 0.4) is 0 Å². The summed E-state index contributed by atoms with van der Waals surface area (Å²) in [7, 11) is -3.33. The predicted molar refractivity (Wildman–Crippen MR) is 132 cm³/mol. The highest BCUT2D eigenvalue weighted by molar-refractivity contribution is 7.88. The third kappa shape index (κ3) is 5.50. The van der Waals surface area contributed by atoms with Crippen LogP contribution in [0, 0.1) is 5.92 Å². The molecule has 2 aliphatic rings. The van der Waals surface area contributed by atoms with Gasteiger partial charge in [-0.1, -0.05) is 37.8 Å². The highest BCUT2D eigenvalue weighted by Gasteiger charge is 2.24. The smallest absolute Gasteiger partial charge is 0.245 e. The van der Waals surface area contributed by atoms with Gasteiger partial charge in [-0.3, -0.25) is 0 Å². The lowest BCUT2D eigenvalue weighted by Gasteiger charge is -2.25. The van der Waals surface area contributed by atoms with Crippen molar-refractivity contribution in [2.75, 3.05) is 25.0 Å². The minimum absolute atomic E-state index is 0.0163. The third-order valence-corrected chi connectivity index (χ3v) is 8.52. The molecule has 0 atom stereocenters. The predicted octanol–water partition coefficient (Wildman–Crippen LogP) is 4.37. The maximum absolute atomic E-state index is 12.8. The molecule has 2 fully saturated rings. The van der Waals surface area contributed by atoms with Crippen molar-refractivity contribution in [1.29, 1.82) is 0 Å². The maximum Gasteiger partial charge on any atom is 0.245 e. The van der Waals surface area contributed by atoms with Gasteiger partial charge in [-0.05, 0) is 49.3 Å². The summed E-state index contributed by atoms with van der Waals surface area (Å²) in [6.45, 7) is 1.86. The number of hydrogen-bond donors (Lipinski definition) is 2. The second-order valence-corrected chi connectivity index (χ2v) is 11.3. The molecule has 1 aliphatic carbocycles. The highest BCUT2D eigenvalue weighted by Crippen LogP contribution is 2.27. The molecular weight excluding hydrogens is 452 g/mol. The molecule has 1 aliphatic heterocycles. The molecule has 0 spiro atoms. The molecule has 5 rings (SSSR count). The molecule has 1 aromatic carbocycles. The fourth-order valence-corrected chi connectivity index (χ4v) is 6.43. The average Bonchev–Trinajstić information content (AvgIpc) is 3.33. The third-order valence-electron chi connectivity index (χ3n) is 6.67. The van der Waals surface area contributed by atoms with Gasteiger partial charge in [0.1, 0.15) is 5.52 Å². The van der Waals surface area contributed by atoms with Crippen molar-refractivity contribution in [3.63, 3.8) is 0 Å². The van der Waals surface area contributed by atoms with Crippen molar-refractivity contribution in [2.24, 2.45) is 5.92 Å². The van der Waals surface area contributed by atoms with E-state index in [1.165, 1.54) is 32.1 Å². The zero-order chi connectivity index (χ0) is 23.4. The van der Waals surface area contributed by atoms with Crippen LogP contribution in [0.1, 0.15) is 56.9 Å². The zero-order valence-corrected chi connectivity index (χ0v) is 20.2. The Hall–Kier alpha value is -2.72. The summed E-state index contributed by atoms with van der Waals surface area (Å²) in [5.41, 5.74) is 2.66. The van der Waals surface area contributed by atoms with E-state index < -0.39 is 10.0 Å². The van der Waals surface area contributed by atoms with E-state index in [0.717, 1.165) is 30.5 Å². The molecule has 0 radical (unpaired) electrons. The minimum Gasteiger partial charge on any atom is -0.476 e. The molecule has 0 bridgehead atoms. The number of H-pyrrole nitrogens is 1. The van der Waals surface area contributed by atoms with Gasteiger partial charge >= 0.3 is 0 Å².